The van der Waals surface area contributed by atoms with Crippen molar-refractivity contribution in [2.24, 2.45) is 0 Å². The number of hydrogen-bond acceptors (Lipinski definition) is 3. The molecule has 3 rings (SSSR count). The van der Waals surface area contributed by atoms with Gasteiger partial charge in [0.05, 0.1) is 12.7 Å². The Morgan fingerprint density at radius 2 is 2.15 bits per heavy atom. The van der Waals surface area contributed by atoms with Gasteiger partial charge in [0.15, 0.2) is 6.29 Å². The van der Waals surface area contributed by atoms with Gasteiger partial charge in [-0.15, -0.1) is 0 Å². The fourth-order valence-corrected chi connectivity index (χ4v) is 2.68. The Hall–Kier alpha value is -1.04. The van der Waals surface area contributed by atoms with Gasteiger partial charge in [-0.2, -0.15) is 0 Å². The maximum absolute atomic E-state index is 13.9. The average Bonchev–Trinajstić information content (AvgIpc) is 3.21. The summed E-state index contributed by atoms with van der Waals surface area (Å²) in [5, 5.41) is 0. The van der Waals surface area contributed by atoms with Gasteiger partial charge in [0.25, 0.3) is 0 Å². The highest BCUT2D eigenvalue weighted by Gasteiger charge is 2.54. The molecule has 0 bridgehead atoms. The molecule has 3 nitrogen and oxygen atoms in total. The van der Waals surface area contributed by atoms with Gasteiger partial charge in [-0.05, 0) is 32.3 Å². The number of rotatable bonds is 4. The minimum Gasteiger partial charge on any atom is -0.362 e. The lowest BCUT2D eigenvalue weighted by atomic mass is 9.94. The summed E-state index contributed by atoms with van der Waals surface area (Å²) in [6.45, 7) is 2.91. The molecular formula is C15H18F2O3. The third kappa shape index (κ3) is 2.57. The minimum atomic E-state index is -0.807. The van der Waals surface area contributed by atoms with Gasteiger partial charge in [0.1, 0.15) is 17.2 Å². The molecule has 5 heteroatoms. The molecule has 1 aromatic rings. The smallest absolute Gasteiger partial charge is 0.158 e. The third-order valence-corrected chi connectivity index (χ3v) is 3.99. The Bertz CT molecular complexity index is 482. The standard InChI is InChI=1S/C15H18F2O3/c1-10(20-14-4-2-3-7-18-14)15(9-19-15)12-6-5-11(16)8-13(12)17/h5-6,8,10,14H,2-4,7,9H2,1H3. The lowest BCUT2D eigenvalue weighted by molar-refractivity contribution is -0.197. The highest BCUT2D eigenvalue weighted by atomic mass is 19.1. The zero-order valence-electron chi connectivity index (χ0n) is 11.4. The van der Waals surface area contributed by atoms with Crippen LogP contribution in [-0.2, 0) is 19.8 Å². The van der Waals surface area contributed by atoms with Crippen molar-refractivity contribution >= 4 is 0 Å². The maximum Gasteiger partial charge on any atom is 0.158 e. The van der Waals surface area contributed by atoms with Gasteiger partial charge >= 0.3 is 0 Å². The van der Waals surface area contributed by atoms with E-state index in [0.29, 0.717) is 18.8 Å². The molecule has 20 heavy (non-hydrogen) atoms. The monoisotopic (exact) mass is 284 g/mol. The van der Waals surface area contributed by atoms with Gasteiger partial charge in [-0.25, -0.2) is 8.78 Å². The quantitative estimate of drug-likeness (QED) is 0.796. The Balaban J connectivity index is 1.74. The van der Waals surface area contributed by atoms with Crippen LogP contribution in [-0.4, -0.2) is 25.6 Å². The van der Waals surface area contributed by atoms with E-state index in [0.717, 1.165) is 25.3 Å². The molecule has 3 atom stereocenters. The minimum absolute atomic E-state index is 0.261. The van der Waals surface area contributed by atoms with E-state index in [1.807, 2.05) is 6.92 Å². The number of ether oxygens (including phenoxy) is 3. The first-order valence-corrected chi connectivity index (χ1v) is 6.98. The lowest BCUT2D eigenvalue weighted by Crippen LogP contribution is -2.35. The Labute approximate surface area is 116 Å². The van der Waals surface area contributed by atoms with Gasteiger partial charge < -0.3 is 14.2 Å². The van der Waals surface area contributed by atoms with Crippen molar-refractivity contribution in [1.82, 2.24) is 0 Å². The van der Waals surface area contributed by atoms with Gasteiger partial charge in [-0.1, -0.05) is 6.07 Å². The van der Waals surface area contributed by atoms with Crippen LogP contribution in [0.2, 0.25) is 0 Å². The van der Waals surface area contributed by atoms with Crippen LogP contribution in [0.5, 0.6) is 0 Å². The van der Waals surface area contributed by atoms with Crippen LogP contribution in [0, 0.1) is 11.6 Å². The van der Waals surface area contributed by atoms with Crippen molar-refractivity contribution in [2.75, 3.05) is 13.2 Å². The summed E-state index contributed by atoms with van der Waals surface area (Å²) in [6, 6.07) is 3.55. The second kappa shape index (κ2) is 5.39. The largest absolute Gasteiger partial charge is 0.362 e. The van der Waals surface area contributed by atoms with E-state index in [1.54, 1.807) is 0 Å². The van der Waals surface area contributed by atoms with Crippen LogP contribution < -0.4 is 0 Å². The molecule has 2 aliphatic heterocycles. The summed E-state index contributed by atoms with van der Waals surface area (Å²) < 4.78 is 43.8. The zero-order chi connectivity index (χ0) is 14.2. The Kier molecular flexibility index (Phi) is 3.75. The highest BCUT2D eigenvalue weighted by Crippen LogP contribution is 2.45. The molecule has 1 aromatic carbocycles. The predicted octanol–water partition coefficient (Wildman–Crippen LogP) is 3.12. The topological polar surface area (TPSA) is 31.0 Å². The van der Waals surface area contributed by atoms with Crippen molar-refractivity contribution in [3.8, 4) is 0 Å². The second-order valence-corrected chi connectivity index (χ2v) is 5.38. The van der Waals surface area contributed by atoms with Crippen molar-refractivity contribution in [2.45, 2.75) is 44.2 Å². The molecule has 3 unspecified atom stereocenters. The summed E-state index contributed by atoms with van der Waals surface area (Å²) in [4.78, 5) is 0. The summed E-state index contributed by atoms with van der Waals surface area (Å²) in [5.41, 5.74) is -0.458. The van der Waals surface area contributed by atoms with Gasteiger partial charge in [0.2, 0.25) is 0 Å². The molecule has 0 saturated carbocycles. The zero-order valence-corrected chi connectivity index (χ0v) is 11.4. The van der Waals surface area contributed by atoms with E-state index in [-0.39, 0.29) is 12.4 Å². The summed E-state index contributed by atoms with van der Waals surface area (Å²) in [7, 11) is 0. The van der Waals surface area contributed by atoms with Gasteiger partial charge in [0, 0.05) is 18.2 Å². The van der Waals surface area contributed by atoms with Crippen molar-refractivity contribution in [3.63, 3.8) is 0 Å². The Morgan fingerprint density at radius 1 is 1.35 bits per heavy atom. The predicted molar refractivity (Wildman–Crippen MR) is 68.1 cm³/mol. The molecule has 2 aliphatic rings. The fourth-order valence-electron chi connectivity index (χ4n) is 2.68. The van der Waals surface area contributed by atoms with Crippen LogP contribution in [0.4, 0.5) is 8.78 Å². The van der Waals surface area contributed by atoms with Crippen LogP contribution in [0.1, 0.15) is 31.7 Å². The fraction of sp³-hybridized carbons (Fsp3) is 0.600. The van der Waals surface area contributed by atoms with Crippen LogP contribution in [0.15, 0.2) is 18.2 Å². The normalized spacial score (nSPS) is 31.1. The SMILES string of the molecule is CC(OC1CCCCO1)C1(c2ccc(F)cc2F)CO1. The van der Waals surface area contributed by atoms with E-state index in [9.17, 15) is 8.78 Å². The number of benzene rings is 1. The van der Waals surface area contributed by atoms with E-state index >= 15 is 0 Å². The summed E-state index contributed by atoms with van der Waals surface area (Å²) in [5.74, 6) is -1.19. The molecule has 0 N–H and O–H groups in total. The molecule has 110 valence electrons. The van der Waals surface area contributed by atoms with Crippen LogP contribution >= 0.6 is 0 Å². The first kappa shape index (κ1) is 13.9. The Morgan fingerprint density at radius 3 is 2.75 bits per heavy atom. The van der Waals surface area contributed by atoms with E-state index in [2.05, 4.69) is 0 Å². The molecule has 0 amide bonds. The molecule has 0 aromatic heterocycles. The number of halogens is 2. The van der Waals surface area contributed by atoms with Crippen molar-refractivity contribution < 1.29 is 23.0 Å². The molecule has 2 heterocycles. The van der Waals surface area contributed by atoms with E-state index < -0.39 is 17.2 Å². The average molecular weight is 284 g/mol. The molecule has 0 radical (unpaired) electrons. The molecule has 0 aliphatic carbocycles. The van der Waals surface area contributed by atoms with Gasteiger partial charge in [-0.3, -0.25) is 0 Å². The molecule has 0 spiro atoms. The first-order chi connectivity index (χ1) is 9.62. The third-order valence-electron chi connectivity index (χ3n) is 3.99. The maximum atomic E-state index is 13.9. The lowest BCUT2D eigenvalue weighted by Gasteiger charge is -2.29. The van der Waals surface area contributed by atoms with Crippen molar-refractivity contribution in [3.05, 3.63) is 35.4 Å². The highest BCUT2D eigenvalue weighted by molar-refractivity contribution is 5.30. The summed E-state index contributed by atoms with van der Waals surface area (Å²) in [6.07, 6.45) is 2.35. The van der Waals surface area contributed by atoms with Crippen molar-refractivity contribution in [1.29, 1.82) is 0 Å². The van der Waals surface area contributed by atoms with E-state index in [4.69, 9.17) is 14.2 Å². The molecule has 2 fully saturated rings. The first-order valence-electron chi connectivity index (χ1n) is 6.98. The second-order valence-electron chi connectivity index (χ2n) is 5.38. The molecular weight excluding hydrogens is 266 g/mol. The van der Waals surface area contributed by atoms with E-state index in [1.165, 1.54) is 12.1 Å². The van der Waals surface area contributed by atoms with Crippen LogP contribution in [0.25, 0.3) is 0 Å². The number of epoxide rings is 1. The number of hydrogen-bond donors (Lipinski definition) is 0. The van der Waals surface area contributed by atoms with Crippen LogP contribution in [0.3, 0.4) is 0 Å². The molecule has 2 saturated heterocycles. The summed E-state index contributed by atoms with van der Waals surface area (Å²) >= 11 is 0.